The van der Waals surface area contributed by atoms with E-state index in [9.17, 15) is 4.79 Å². The van der Waals surface area contributed by atoms with Crippen LogP contribution in [0.25, 0.3) is 11.5 Å². The minimum Gasteiger partial charge on any atom is -0.496 e. The third-order valence-electron chi connectivity index (χ3n) is 4.29. The van der Waals surface area contributed by atoms with E-state index in [1.165, 1.54) is 4.88 Å². The van der Waals surface area contributed by atoms with E-state index in [0.29, 0.717) is 37.0 Å². The zero-order valence-corrected chi connectivity index (χ0v) is 14.5. The summed E-state index contributed by atoms with van der Waals surface area (Å²) in [5.74, 6) is 1.75. The van der Waals surface area contributed by atoms with Gasteiger partial charge >= 0.3 is 0 Å². The molecule has 1 unspecified atom stereocenters. The summed E-state index contributed by atoms with van der Waals surface area (Å²) >= 11 is 1.66. The van der Waals surface area contributed by atoms with E-state index >= 15 is 0 Å². The van der Waals surface area contributed by atoms with Gasteiger partial charge in [-0.05, 0) is 23.6 Å². The molecule has 1 aliphatic heterocycles. The van der Waals surface area contributed by atoms with Crippen molar-refractivity contribution in [1.82, 2.24) is 15.0 Å². The van der Waals surface area contributed by atoms with E-state index in [2.05, 4.69) is 10.1 Å². The highest BCUT2D eigenvalue weighted by Crippen LogP contribution is 2.32. The molecule has 1 aliphatic rings. The first kappa shape index (κ1) is 15.8. The lowest BCUT2D eigenvalue weighted by atomic mass is 10.1. The Labute approximate surface area is 149 Å². The first-order chi connectivity index (χ1) is 12.2. The standard InChI is InChI=1S/C18H17N3O3S/c1-23-15-7-3-2-6-14(15)18-19-17(20-24-18)12-9-16(22)21(10-12)11-13-5-4-8-25-13/h2-8,12H,9-11H2,1H3. The van der Waals surface area contributed by atoms with Crippen LogP contribution in [0.5, 0.6) is 5.75 Å². The molecule has 1 amide bonds. The number of hydrogen-bond donors (Lipinski definition) is 0. The van der Waals surface area contributed by atoms with Crippen molar-refractivity contribution in [3.63, 3.8) is 0 Å². The van der Waals surface area contributed by atoms with Crippen molar-refractivity contribution in [3.05, 3.63) is 52.5 Å². The minimum atomic E-state index is -0.0420. The lowest BCUT2D eigenvalue weighted by molar-refractivity contribution is -0.128. The quantitative estimate of drug-likeness (QED) is 0.702. The van der Waals surface area contributed by atoms with Gasteiger partial charge in [0.05, 0.1) is 19.2 Å². The monoisotopic (exact) mass is 355 g/mol. The molecule has 25 heavy (non-hydrogen) atoms. The van der Waals surface area contributed by atoms with E-state index in [1.807, 2.05) is 46.7 Å². The topological polar surface area (TPSA) is 68.5 Å². The van der Waals surface area contributed by atoms with Gasteiger partial charge in [0, 0.05) is 23.8 Å². The van der Waals surface area contributed by atoms with Crippen molar-refractivity contribution < 1.29 is 14.1 Å². The molecule has 2 aromatic heterocycles. The average molecular weight is 355 g/mol. The van der Waals surface area contributed by atoms with Crippen LogP contribution in [0.1, 0.15) is 23.0 Å². The van der Waals surface area contributed by atoms with Gasteiger partial charge in [0.2, 0.25) is 5.91 Å². The summed E-state index contributed by atoms with van der Waals surface area (Å²) in [6.07, 6.45) is 0.413. The number of hydrogen-bond acceptors (Lipinski definition) is 6. The number of ether oxygens (including phenoxy) is 1. The summed E-state index contributed by atoms with van der Waals surface area (Å²) in [6, 6.07) is 11.5. The number of nitrogens with zero attached hydrogens (tertiary/aromatic N) is 3. The maximum Gasteiger partial charge on any atom is 0.261 e. The number of carbonyl (C=O) groups is 1. The number of amides is 1. The summed E-state index contributed by atoms with van der Waals surface area (Å²) in [7, 11) is 1.61. The summed E-state index contributed by atoms with van der Waals surface area (Å²) < 4.78 is 10.8. The normalized spacial score (nSPS) is 17.2. The zero-order valence-electron chi connectivity index (χ0n) is 13.7. The Kier molecular flexibility index (Phi) is 4.23. The summed E-state index contributed by atoms with van der Waals surface area (Å²) in [6.45, 7) is 1.26. The van der Waals surface area contributed by atoms with Crippen LogP contribution in [0.2, 0.25) is 0 Å². The molecule has 0 aliphatic carbocycles. The predicted molar refractivity (Wildman–Crippen MR) is 93.4 cm³/mol. The van der Waals surface area contributed by atoms with Gasteiger partial charge in [-0.1, -0.05) is 23.4 Å². The molecule has 1 aromatic carbocycles. The van der Waals surface area contributed by atoms with E-state index in [-0.39, 0.29) is 11.8 Å². The van der Waals surface area contributed by atoms with Gasteiger partial charge < -0.3 is 14.2 Å². The number of para-hydroxylation sites is 1. The first-order valence-electron chi connectivity index (χ1n) is 8.01. The number of likely N-dealkylation sites (tertiary alicyclic amines) is 1. The van der Waals surface area contributed by atoms with Crippen LogP contribution in [0, 0.1) is 0 Å². The van der Waals surface area contributed by atoms with Gasteiger partial charge in [-0.3, -0.25) is 4.79 Å². The summed E-state index contributed by atoms with van der Waals surface area (Å²) in [5, 5.41) is 6.12. The SMILES string of the molecule is COc1ccccc1-c1nc(C2CC(=O)N(Cc3cccs3)C2)no1. The van der Waals surface area contributed by atoms with Crippen LogP contribution in [0.4, 0.5) is 0 Å². The molecule has 128 valence electrons. The Hall–Kier alpha value is -2.67. The van der Waals surface area contributed by atoms with Crippen LogP contribution >= 0.6 is 11.3 Å². The summed E-state index contributed by atoms with van der Waals surface area (Å²) in [4.78, 5) is 19.8. The third kappa shape index (κ3) is 3.15. The Balaban J connectivity index is 1.52. The molecular weight excluding hydrogens is 338 g/mol. The smallest absolute Gasteiger partial charge is 0.261 e. The Morgan fingerprint density at radius 2 is 2.20 bits per heavy atom. The molecule has 1 saturated heterocycles. The molecule has 3 heterocycles. The van der Waals surface area contributed by atoms with Gasteiger partial charge in [-0.2, -0.15) is 4.98 Å². The molecule has 0 spiro atoms. The van der Waals surface area contributed by atoms with Gasteiger partial charge in [0.15, 0.2) is 5.82 Å². The molecule has 1 fully saturated rings. The number of benzene rings is 1. The maximum absolute atomic E-state index is 12.3. The van der Waals surface area contributed by atoms with Crippen LogP contribution in [0.15, 0.2) is 46.3 Å². The van der Waals surface area contributed by atoms with E-state index in [1.54, 1.807) is 18.4 Å². The first-order valence-corrected chi connectivity index (χ1v) is 8.89. The molecule has 0 saturated carbocycles. The fourth-order valence-electron chi connectivity index (χ4n) is 3.02. The lowest BCUT2D eigenvalue weighted by Gasteiger charge is -2.14. The second-order valence-electron chi connectivity index (χ2n) is 5.91. The fourth-order valence-corrected chi connectivity index (χ4v) is 3.74. The largest absolute Gasteiger partial charge is 0.496 e. The molecular formula is C18H17N3O3S. The molecule has 0 radical (unpaired) electrons. The van der Waals surface area contributed by atoms with Gasteiger partial charge in [0.1, 0.15) is 5.75 Å². The maximum atomic E-state index is 12.3. The average Bonchev–Trinajstić information content (AvgIpc) is 3.37. The summed E-state index contributed by atoms with van der Waals surface area (Å²) in [5.41, 5.74) is 0.753. The van der Waals surface area contributed by atoms with Crippen molar-refractivity contribution >= 4 is 17.2 Å². The highest BCUT2D eigenvalue weighted by molar-refractivity contribution is 7.09. The van der Waals surface area contributed by atoms with Gasteiger partial charge in [-0.25, -0.2) is 0 Å². The van der Waals surface area contributed by atoms with E-state index < -0.39 is 0 Å². The number of methoxy groups -OCH3 is 1. The van der Waals surface area contributed by atoms with Gasteiger partial charge in [0.25, 0.3) is 5.89 Å². The van der Waals surface area contributed by atoms with Crippen molar-refractivity contribution in [3.8, 4) is 17.2 Å². The predicted octanol–water partition coefficient (Wildman–Crippen LogP) is 3.32. The third-order valence-corrected chi connectivity index (χ3v) is 5.15. The molecule has 3 aromatic rings. The second-order valence-corrected chi connectivity index (χ2v) is 6.94. The van der Waals surface area contributed by atoms with Crippen LogP contribution in [-0.4, -0.2) is 34.6 Å². The van der Waals surface area contributed by atoms with Crippen molar-refractivity contribution in [1.29, 1.82) is 0 Å². The van der Waals surface area contributed by atoms with E-state index in [0.717, 1.165) is 5.56 Å². The number of thiophene rings is 1. The second kappa shape index (κ2) is 6.68. The zero-order chi connectivity index (χ0) is 17.2. The molecule has 0 N–H and O–H groups in total. The number of carbonyl (C=O) groups excluding carboxylic acids is 1. The Morgan fingerprint density at radius 1 is 1.32 bits per heavy atom. The van der Waals surface area contributed by atoms with Crippen LogP contribution in [-0.2, 0) is 11.3 Å². The van der Waals surface area contributed by atoms with Crippen molar-refractivity contribution in [2.45, 2.75) is 18.9 Å². The lowest BCUT2D eigenvalue weighted by Crippen LogP contribution is -2.23. The molecule has 0 bridgehead atoms. The van der Waals surface area contributed by atoms with Gasteiger partial charge in [-0.15, -0.1) is 11.3 Å². The van der Waals surface area contributed by atoms with Crippen LogP contribution in [0.3, 0.4) is 0 Å². The van der Waals surface area contributed by atoms with E-state index in [4.69, 9.17) is 9.26 Å². The fraction of sp³-hybridized carbons (Fsp3) is 0.278. The Bertz CT molecular complexity index is 875. The minimum absolute atomic E-state index is 0.0420. The number of aromatic nitrogens is 2. The van der Waals surface area contributed by atoms with Crippen molar-refractivity contribution in [2.24, 2.45) is 0 Å². The molecule has 1 atom stereocenters. The molecule has 6 nitrogen and oxygen atoms in total. The highest BCUT2D eigenvalue weighted by atomic mass is 32.1. The molecule has 4 rings (SSSR count). The highest BCUT2D eigenvalue weighted by Gasteiger charge is 2.34. The molecule has 7 heteroatoms. The Morgan fingerprint density at radius 3 is 3.00 bits per heavy atom. The van der Waals surface area contributed by atoms with Crippen molar-refractivity contribution in [2.75, 3.05) is 13.7 Å². The van der Waals surface area contributed by atoms with Crippen LogP contribution < -0.4 is 4.74 Å². The number of rotatable bonds is 5.